The smallest absolute Gasteiger partial charge is 0.263 e. The zero-order chi connectivity index (χ0) is 12.4. The molecule has 1 aliphatic heterocycles. The Balaban J connectivity index is 2.29. The lowest BCUT2D eigenvalue weighted by atomic mass is 10.1. The van der Waals surface area contributed by atoms with E-state index in [9.17, 15) is 18.4 Å². The first kappa shape index (κ1) is 11.4. The van der Waals surface area contributed by atoms with Crippen molar-refractivity contribution >= 4 is 17.9 Å². The Bertz CT molecular complexity index is 509. The third kappa shape index (κ3) is 2.55. The number of benzene rings is 1. The first-order chi connectivity index (χ1) is 8.06. The molecular formula is C12H9F2NO2. The summed E-state index contributed by atoms with van der Waals surface area (Å²) in [6.07, 6.45) is -1.10. The molecule has 0 bridgehead atoms. The van der Waals surface area contributed by atoms with Gasteiger partial charge in [-0.15, -0.1) is 0 Å². The Kier molecular flexibility index (Phi) is 2.99. The normalized spacial score (nSPS) is 17.9. The van der Waals surface area contributed by atoms with Gasteiger partial charge in [-0.1, -0.05) is 18.2 Å². The summed E-state index contributed by atoms with van der Waals surface area (Å²) in [4.78, 5) is 22.2. The van der Waals surface area contributed by atoms with Gasteiger partial charge in [0, 0.05) is 11.1 Å². The fraction of sp³-hybridized carbons (Fsp3) is 0.167. The summed E-state index contributed by atoms with van der Waals surface area (Å²) in [5.41, 5.74) is 0.674. The van der Waals surface area contributed by atoms with Crippen LogP contribution in [0.15, 0.2) is 29.8 Å². The van der Waals surface area contributed by atoms with E-state index >= 15 is 0 Å². The van der Waals surface area contributed by atoms with Crippen molar-refractivity contribution in [2.45, 2.75) is 12.8 Å². The topological polar surface area (TPSA) is 46.2 Å². The van der Waals surface area contributed by atoms with Gasteiger partial charge in [-0.2, -0.15) is 0 Å². The van der Waals surface area contributed by atoms with Crippen molar-refractivity contribution in [3.8, 4) is 0 Å². The molecule has 2 rings (SSSR count). The quantitative estimate of drug-likeness (QED) is 0.632. The Morgan fingerprint density at radius 3 is 2.65 bits per heavy atom. The average Bonchev–Trinajstić information content (AvgIpc) is 2.58. The molecule has 1 heterocycles. The van der Waals surface area contributed by atoms with Crippen LogP contribution in [0, 0.1) is 0 Å². The zero-order valence-corrected chi connectivity index (χ0v) is 8.74. The van der Waals surface area contributed by atoms with E-state index in [1.54, 1.807) is 6.07 Å². The number of halogens is 2. The van der Waals surface area contributed by atoms with Gasteiger partial charge < -0.3 is 0 Å². The number of imide groups is 1. The molecular weight excluding hydrogens is 228 g/mol. The van der Waals surface area contributed by atoms with Gasteiger partial charge >= 0.3 is 0 Å². The van der Waals surface area contributed by atoms with Gasteiger partial charge in [0.05, 0.1) is 6.42 Å². The molecule has 1 aromatic carbocycles. The van der Waals surface area contributed by atoms with Crippen molar-refractivity contribution in [1.82, 2.24) is 5.32 Å². The van der Waals surface area contributed by atoms with Gasteiger partial charge in [-0.05, 0) is 17.7 Å². The van der Waals surface area contributed by atoms with Crippen LogP contribution in [0.5, 0.6) is 0 Å². The van der Waals surface area contributed by atoms with Crippen LogP contribution in [-0.4, -0.2) is 11.8 Å². The second-order valence-electron chi connectivity index (χ2n) is 3.69. The highest BCUT2D eigenvalue weighted by atomic mass is 19.3. The molecule has 0 aromatic heterocycles. The highest BCUT2D eigenvalue weighted by molar-refractivity contribution is 6.15. The Morgan fingerprint density at radius 2 is 2.06 bits per heavy atom. The molecule has 0 aliphatic carbocycles. The number of carbonyl (C=O) groups excluding carboxylic acids is 2. The molecule has 3 nitrogen and oxygen atoms in total. The average molecular weight is 237 g/mol. The largest absolute Gasteiger partial charge is 0.292 e. The minimum Gasteiger partial charge on any atom is -0.292 e. The number of hydrogen-bond acceptors (Lipinski definition) is 2. The highest BCUT2D eigenvalue weighted by Gasteiger charge is 2.23. The predicted octanol–water partition coefficient (Wildman–Crippen LogP) is 2.05. The van der Waals surface area contributed by atoms with Crippen molar-refractivity contribution in [3.05, 3.63) is 41.0 Å². The molecule has 1 saturated heterocycles. The van der Waals surface area contributed by atoms with E-state index in [4.69, 9.17) is 0 Å². The van der Waals surface area contributed by atoms with E-state index < -0.39 is 12.3 Å². The van der Waals surface area contributed by atoms with E-state index in [0.717, 1.165) is 0 Å². The molecule has 0 unspecified atom stereocenters. The van der Waals surface area contributed by atoms with E-state index in [2.05, 4.69) is 5.32 Å². The molecule has 1 aromatic rings. The predicted molar refractivity (Wildman–Crippen MR) is 57.1 cm³/mol. The highest BCUT2D eigenvalue weighted by Crippen LogP contribution is 2.21. The summed E-state index contributed by atoms with van der Waals surface area (Å²) in [7, 11) is 0. The summed E-state index contributed by atoms with van der Waals surface area (Å²) in [5, 5.41) is 2.13. The molecule has 1 aliphatic rings. The number of rotatable bonds is 2. The first-order valence-corrected chi connectivity index (χ1v) is 4.99. The summed E-state index contributed by atoms with van der Waals surface area (Å²) in [6.45, 7) is 0. The maximum Gasteiger partial charge on any atom is 0.263 e. The van der Waals surface area contributed by atoms with Crippen molar-refractivity contribution in [2.75, 3.05) is 0 Å². The molecule has 17 heavy (non-hydrogen) atoms. The van der Waals surface area contributed by atoms with Crippen molar-refractivity contribution in [1.29, 1.82) is 0 Å². The number of nitrogens with one attached hydrogen (secondary N) is 1. The lowest BCUT2D eigenvalue weighted by molar-refractivity contribution is -0.124. The molecule has 0 radical (unpaired) electrons. The van der Waals surface area contributed by atoms with Crippen LogP contribution in [-0.2, 0) is 9.59 Å². The van der Waals surface area contributed by atoms with E-state index in [1.165, 1.54) is 24.3 Å². The fourth-order valence-corrected chi connectivity index (χ4v) is 1.61. The molecule has 5 heteroatoms. The molecule has 1 N–H and O–H groups in total. The molecule has 2 amide bonds. The summed E-state index contributed by atoms with van der Waals surface area (Å²) < 4.78 is 24.9. The van der Waals surface area contributed by atoms with Gasteiger partial charge in [-0.3, -0.25) is 14.9 Å². The fourth-order valence-electron chi connectivity index (χ4n) is 1.61. The van der Waals surface area contributed by atoms with Crippen LogP contribution >= 0.6 is 0 Å². The maximum absolute atomic E-state index is 12.4. The van der Waals surface area contributed by atoms with Gasteiger partial charge in [0.25, 0.3) is 12.3 Å². The second-order valence-corrected chi connectivity index (χ2v) is 3.69. The molecule has 1 fully saturated rings. The molecule has 0 atom stereocenters. The van der Waals surface area contributed by atoms with Gasteiger partial charge in [-0.25, -0.2) is 8.78 Å². The molecule has 88 valence electrons. The van der Waals surface area contributed by atoms with Crippen LogP contribution in [0.2, 0.25) is 0 Å². The SMILES string of the molecule is O=C1C/C(=C/c2cccc(C(F)F)c2)C(=O)N1. The van der Waals surface area contributed by atoms with E-state index in [1.807, 2.05) is 0 Å². The second kappa shape index (κ2) is 4.45. The zero-order valence-electron chi connectivity index (χ0n) is 8.74. The Hall–Kier alpha value is -2.04. The van der Waals surface area contributed by atoms with Gasteiger partial charge in [0.1, 0.15) is 0 Å². The minimum atomic E-state index is -2.55. The van der Waals surface area contributed by atoms with Crippen LogP contribution in [0.25, 0.3) is 6.08 Å². The maximum atomic E-state index is 12.4. The number of amides is 2. The summed E-state index contributed by atoms with van der Waals surface area (Å²) >= 11 is 0. The van der Waals surface area contributed by atoms with Gasteiger partial charge in [0.15, 0.2) is 0 Å². The third-order valence-electron chi connectivity index (χ3n) is 2.40. The lowest BCUT2D eigenvalue weighted by Crippen LogP contribution is -2.19. The minimum absolute atomic E-state index is 0.00224. The monoisotopic (exact) mass is 237 g/mol. The summed E-state index contributed by atoms with van der Waals surface area (Å²) in [6, 6.07) is 5.71. The number of carbonyl (C=O) groups is 2. The van der Waals surface area contributed by atoms with E-state index in [0.29, 0.717) is 11.1 Å². The standard InChI is InChI=1S/C12H9F2NO2/c13-11(14)8-3-1-2-7(4-8)5-9-6-10(16)15-12(9)17/h1-5,11H,6H2,(H,15,16,17)/b9-5-. The van der Waals surface area contributed by atoms with E-state index in [-0.39, 0.29) is 17.9 Å². The van der Waals surface area contributed by atoms with Crippen LogP contribution in [0.4, 0.5) is 8.78 Å². The molecule has 0 saturated carbocycles. The summed E-state index contributed by atoms with van der Waals surface area (Å²) in [5.74, 6) is -0.830. The first-order valence-electron chi connectivity index (χ1n) is 4.99. The van der Waals surface area contributed by atoms with Crippen LogP contribution < -0.4 is 5.32 Å². The number of hydrogen-bond donors (Lipinski definition) is 1. The molecule has 0 spiro atoms. The Morgan fingerprint density at radius 1 is 1.29 bits per heavy atom. The Labute approximate surface area is 96.1 Å². The van der Waals surface area contributed by atoms with Crippen molar-refractivity contribution in [3.63, 3.8) is 0 Å². The number of alkyl halides is 2. The van der Waals surface area contributed by atoms with Crippen LogP contribution in [0.3, 0.4) is 0 Å². The lowest BCUT2D eigenvalue weighted by Gasteiger charge is -2.01. The van der Waals surface area contributed by atoms with Crippen molar-refractivity contribution in [2.24, 2.45) is 0 Å². The third-order valence-corrected chi connectivity index (χ3v) is 2.40. The van der Waals surface area contributed by atoms with Crippen molar-refractivity contribution < 1.29 is 18.4 Å². The van der Waals surface area contributed by atoms with Gasteiger partial charge in [0.2, 0.25) is 5.91 Å². The van der Waals surface area contributed by atoms with Crippen LogP contribution in [0.1, 0.15) is 24.0 Å².